The first-order valence-electron chi connectivity index (χ1n) is 7.69. The van der Waals surface area contributed by atoms with Crippen molar-refractivity contribution in [1.29, 1.82) is 0 Å². The molecule has 118 valence electrons. The number of carboxylic acids is 1. The van der Waals surface area contributed by atoms with E-state index in [1.54, 1.807) is 0 Å². The Bertz CT molecular complexity index is 698. The first kappa shape index (κ1) is 15.2. The number of benzene rings is 1. The summed E-state index contributed by atoms with van der Waals surface area (Å²) in [6.07, 6.45) is 4.17. The lowest BCUT2D eigenvalue weighted by molar-refractivity contribution is 0.0685. The number of carboxylic acid groups (broad SMARTS) is 1. The summed E-state index contributed by atoms with van der Waals surface area (Å²) >= 11 is 0. The van der Waals surface area contributed by atoms with E-state index in [4.69, 9.17) is 5.11 Å². The lowest BCUT2D eigenvalue weighted by Gasteiger charge is -2.25. The number of carbonyl (C=O) groups is 2. The van der Waals surface area contributed by atoms with Gasteiger partial charge < -0.3 is 10.0 Å². The van der Waals surface area contributed by atoms with Gasteiger partial charge in [0.25, 0.3) is 5.91 Å². The molecule has 0 radical (unpaired) electrons. The molecule has 0 saturated carbocycles. The van der Waals surface area contributed by atoms with Gasteiger partial charge in [0.1, 0.15) is 5.69 Å². The van der Waals surface area contributed by atoms with Crippen LogP contribution < -0.4 is 0 Å². The molecule has 1 amide bonds. The van der Waals surface area contributed by atoms with Crippen molar-refractivity contribution in [3.63, 3.8) is 0 Å². The molecule has 1 saturated heterocycles. The third-order valence-corrected chi connectivity index (χ3v) is 4.18. The molecular weight excluding hydrogens is 292 g/mol. The van der Waals surface area contributed by atoms with E-state index >= 15 is 0 Å². The zero-order valence-corrected chi connectivity index (χ0v) is 12.7. The maximum atomic E-state index is 12.7. The SMILES string of the molecule is O=C(O)c1ccc(C(=O)N2CCC[C@H]2Cc2ccccc2)cn1. The molecule has 3 rings (SSSR count). The van der Waals surface area contributed by atoms with Gasteiger partial charge in [0.2, 0.25) is 0 Å². The van der Waals surface area contributed by atoms with Gasteiger partial charge in [0, 0.05) is 18.8 Å². The third-order valence-electron chi connectivity index (χ3n) is 4.18. The molecule has 1 aromatic heterocycles. The van der Waals surface area contributed by atoms with E-state index in [1.165, 1.54) is 23.9 Å². The molecule has 1 aliphatic rings. The molecule has 2 heterocycles. The molecule has 5 heteroatoms. The van der Waals surface area contributed by atoms with E-state index in [9.17, 15) is 9.59 Å². The Kier molecular flexibility index (Phi) is 4.37. The van der Waals surface area contributed by atoms with Gasteiger partial charge in [-0.15, -0.1) is 0 Å². The monoisotopic (exact) mass is 310 g/mol. The van der Waals surface area contributed by atoms with Gasteiger partial charge in [0.15, 0.2) is 0 Å². The second kappa shape index (κ2) is 6.60. The Labute approximate surface area is 134 Å². The quantitative estimate of drug-likeness (QED) is 0.942. The highest BCUT2D eigenvalue weighted by atomic mass is 16.4. The molecule has 0 unspecified atom stereocenters. The van der Waals surface area contributed by atoms with E-state index in [2.05, 4.69) is 17.1 Å². The summed E-state index contributed by atoms with van der Waals surface area (Å²) in [7, 11) is 0. The highest BCUT2D eigenvalue weighted by Gasteiger charge is 2.29. The number of rotatable bonds is 4. The normalized spacial score (nSPS) is 17.2. The van der Waals surface area contributed by atoms with Crippen molar-refractivity contribution in [2.24, 2.45) is 0 Å². The van der Waals surface area contributed by atoms with Crippen molar-refractivity contribution in [2.45, 2.75) is 25.3 Å². The molecule has 1 fully saturated rings. The van der Waals surface area contributed by atoms with Crippen molar-refractivity contribution < 1.29 is 14.7 Å². The van der Waals surface area contributed by atoms with Crippen LogP contribution in [0.25, 0.3) is 0 Å². The van der Waals surface area contributed by atoms with Gasteiger partial charge >= 0.3 is 5.97 Å². The lowest BCUT2D eigenvalue weighted by atomic mass is 10.0. The Morgan fingerprint density at radius 3 is 2.61 bits per heavy atom. The molecule has 5 nitrogen and oxygen atoms in total. The summed E-state index contributed by atoms with van der Waals surface area (Å²) < 4.78 is 0. The van der Waals surface area contributed by atoms with Crippen LogP contribution in [0.1, 0.15) is 39.3 Å². The standard InChI is InChI=1S/C18H18N2O3/c21-17(14-8-9-16(18(22)23)19-12-14)20-10-4-7-15(20)11-13-5-2-1-3-6-13/h1-3,5-6,8-9,12,15H,4,7,10-11H2,(H,22,23)/t15-/m0/s1. The summed E-state index contributed by atoms with van der Waals surface area (Å²) in [5.41, 5.74) is 1.61. The maximum absolute atomic E-state index is 12.7. The van der Waals surface area contributed by atoms with E-state index < -0.39 is 5.97 Å². The van der Waals surface area contributed by atoms with Crippen LogP contribution in [-0.4, -0.2) is 39.5 Å². The Hall–Kier alpha value is -2.69. The lowest BCUT2D eigenvalue weighted by Crippen LogP contribution is -2.36. The van der Waals surface area contributed by atoms with Gasteiger partial charge in [-0.25, -0.2) is 9.78 Å². The topological polar surface area (TPSA) is 70.5 Å². The van der Waals surface area contributed by atoms with Crippen LogP contribution in [0.15, 0.2) is 48.7 Å². The van der Waals surface area contributed by atoms with Crippen molar-refractivity contribution in [3.05, 3.63) is 65.5 Å². The van der Waals surface area contributed by atoms with Crippen LogP contribution in [0.2, 0.25) is 0 Å². The summed E-state index contributed by atoms with van der Waals surface area (Å²) in [5.74, 6) is -1.17. The molecule has 1 N–H and O–H groups in total. The number of amides is 1. The predicted molar refractivity (Wildman–Crippen MR) is 85.4 cm³/mol. The first-order chi connectivity index (χ1) is 11.1. The van der Waals surface area contributed by atoms with Crippen LogP contribution in [0.4, 0.5) is 0 Å². The van der Waals surface area contributed by atoms with E-state index in [-0.39, 0.29) is 17.6 Å². The number of aromatic carboxylic acids is 1. The fourth-order valence-electron chi connectivity index (χ4n) is 3.01. The van der Waals surface area contributed by atoms with Crippen LogP contribution in [0.5, 0.6) is 0 Å². The van der Waals surface area contributed by atoms with Crippen LogP contribution in [-0.2, 0) is 6.42 Å². The predicted octanol–water partition coefficient (Wildman–Crippen LogP) is 2.63. The first-order valence-corrected chi connectivity index (χ1v) is 7.69. The van der Waals surface area contributed by atoms with Crippen molar-refractivity contribution >= 4 is 11.9 Å². The largest absolute Gasteiger partial charge is 0.477 e. The number of aromatic nitrogens is 1. The number of hydrogen-bond donors (Lipinski definition) is 1. The second-order valence-electron chi connectivity index (χ2n) is 5.72. The summed E-state index contributed by atoms with van der Waals surface area (Å²) in [5, 5.41) is 8.87. The maximum Gasteiger partial charge on any atom is 0.354 e. The zero-order valence-electron chi connectivity index (χ0n) is 12.7. The van der Waals surface area contributed by atoms with Crippen molar-refractivity contribution in [2.75, 3.05) is 6.54 Å². The highest BCUT2D eigenvalue weighted by molar-refractivity contribution is 5.95. The smallest absolute Gasteiger partial charge is 0.354 e. The van der Waals surface area contributed by atoms with Crippen LogP contribution >= 0.6 is 0 Å². The van der Waals surface area contributed by atoms with Crippen LogP contribution in [0.3, 0.4) is 0 Å². The number of hydrogen-bond acceptors (Lipinski definition) is 3. The fourth-order valence-corrected chi connectivity index (χ4v) is 3.01. The fraction of sp³-hybridized carbons (Fsp3) is 0.278. The minimum Gasteiger partial charge on any atom is -0.477 e. The second-order valence-corrected chi connectivity index (χ2v) is 5.72. The van der Waals surface area contributed by atoms with Crippen molar-refractivity contribution in [3.8, 4) is 0 Å². The Balaban J connectivity index is 1.74. The van der Waals surface area contributed by atoms with Gasteiger partial charge in [-0.05, 0) is 37.0 Å². The van der Waals surface area contributed by atoms with Crippen LogP contribution in [0, 0.1) is 0 Å². The average Bonchev–Trinajstić information content (AvgIpc) is 3.03. The number of nitrogens with zero attached hydrogens (tertiary/aromatic N) is 2. The Morgan fingerprint density at radius 2 is 1.96 bits per heavy atom. The van der Waals surface area contributed by atoms with E-state index in [0.29, 0.717) is 5.56 Å². The van der Waals surface area contributed by atoms with Gasteiger partial charge in [0.05, 0.1) is 5.56 Å². The van der Waals surface area contributed by atoms with Crippen molar-refractivity contribution in [1.82, 2.24) is 9.88 Å². The highest BCUT2D eigenvalue weighted by Crippen LogP contribution is 2.23. The van der Waals surface area contributed by atoms with Gasteiger partial charge in [-0.3, -0.25) is 4.79 Å². The average molecular weight is 310 g/mol. The Morgan fingerprint density at radius 1 is 1.17 bits per heavy atom. The third kappa shape index (κ3) is 3.39. The zero-order chi connectivity index (χ0) is 16.2. The van der Waals surface area contributed by atoms with Gasteiger partial charge in [-0.1, -0.05) is 30.3 Å². The molecule has 0 aliphatic carbocycles. The van der Waals surface area contributed by atoms with Gasteiger partial charge in [-0.2, -0.15) is 0 Å². The summed E-state index contributed by atoms with van der Waals surface area (Å²) in [6.45, 7) is 0.733. The molecule has 0 spiro atoms. The summed E-state index contributed by atoms with van der Waals surface area (Å²) in [4.78, 5) is 29.2. The number of pyridine rings is 1. The number of carbonyl (C=O) groups excluding carboxylic acids is 1. The molecular formula is C18H18N2O3. The number of likely N-dealkylation sites (tertiary alicyclic amines) is 1. The molecule has 1 atom stereocenters. The molecule has 2 aromatic rings. The molecule has 23 heavy (non-hydrogen) atoms. The minimum absolute atomic E-state index is 0.0520. The molecule has 1 aromatic carbocycles. The van der Waals surface area contributed by atoms with E-state index in [0.717, 1.165) is 25.8 Å². The van der Waals surface area contributed by atoms with E-state index in [1.807, 2.05) is 23.1 Å². The summed E-state index contributed by atoms with van der Waals surface area (Å²) in [6, 6.07) is 13.2. The molecule has 1 aliphatic heterocycles. The molecule has 0 bridgehead atoms. The minimum atomic E-state index is -1.09.